The summed E-state index contributed by atoms with van der Waals surface area (Å²) >= 11 is 0. The predicted molar refractivity (Wildman–Crippen MR) is 102 cm³/mol. The fourth-order valence-electron chi connectivity index (χ4n) is 3.03. The molecular weight excluding hydrogens is 330 g/mol. The van der Waals surface area contributed by atoms with Crippen LogP contribution in [0.4, 0.5) is 22.2 Å². The number of carbonyl (C=O) groups excluding carboxylic acids is 1. The number of hydrogen-bond donors (Lipinski definition) is 0. The summed E-state index contributed by atoms with van der Waals surface area (Å²) in [6, 6.07) is 12.0. The van der Waals surface area contributed by atoms with Crippen LogP contribution in [-0.2, 0) is 4.74 Å². The number of rotatable bonds is 5. The molecule has 26 heavy (non-hydrogen) atoms. The zero-order valence-corrected chi connectivity index (χ0v) is 15.3. The van der Waals surface area contributed by atoms with Crippen LogP contribution < -0.4 is 9.80 Å². The molecule has 7 nitrogen and oxygen atoms in total. The van der Waals surface area contributed by atoms with Crippen LogP contribution in [0.5, 0.6) is 0 Å². The third-order valence-electron chi connectivity index (χ3n) is 4.38. The Morgan fingerprint density at radius 3 is 2.50 bits per heavy atom. The molecule has 0 saturated carbocycles. The van der Waals surface area contributed by atoms with Gasteiger partial charge >= 0.3 is 6.09 Å². The Morgan fingerprint density at radius 1 is 1.12 bits per heavy atom. The van der Waals surface area contributed by atoms with Crippen molar-refractivity contribution in [1.29, 1.82) is 0 Å². The van der Waals surface area contributed by atoms with E-state index in [9.17, 15) is 4.79 Å². The minimum Gasteiger partial charge on any atom is -0.450 e. The van der Waals surface area contributed by atoms with Crippen LogP contribution in [0.3, 0.4) is 0 Å². The van der Waals surface area contributed by atoms with Gasteiger partial charge in [0.2, 0.25) is 5.95 Å². The fraction of sp³-hybridized carbons (Fsp3) is 0.421. The fourth-order valence-corrected chi connectivity index (χ4v) is 3.03. The number of piperazine rings is 1. The molecule has 1 aliphatic heterocycles. The summed E-state index contributed by atoms with van der Waals surface area (Å²) in [7, 11) is 0. The summed E-state index contributed by atoms with van der Waals surface area (Å²) in [6.45, 7) is 7.82. The summed E-state index contributed by atoms with van der Waals surface area (Å²) in [5, 5.41) is 0. The summed E-state index contributed by atoms with van der Waals surface area (Å²) in [5.41, 5.74) is 1.07. The molecule has 2 heterocycles. The Hall–Kier alpha value is -2.83. The quantitative estimate of drug-likeness (QED) is 0.822. The van der Waals surface area contributed by atoms with E-state index >= 15 is 0 Å². The van der Waals surface area contributed by atoms with Crippen LogP contribution in [0.25, 0.3) is 0 Å². The highest BCUT2D eigenvalue weighted by atomic mass is 16.6. The molecule has 3 rings (SSSR count). The number of ether oxygens (including phenoxy) is 1. The largest absolute Gasteiger partial charge is 0.450 e. The van der Waals surface area contributed by atoms with E-state index in [4.69, 9.17) is 9.72 Å². The minimum absolute atomic E-state index is 0.239. The van der Waals surface area contributed by atoms with E-state index in [1.54, 1.807) is 11.1 Å². The lowest BCUT2D eigenvalue weighted by Crippen LogP contribution is -2.49. The highest BCUT2D eigenvalue weighted by Crippen LogP contribution is 2.23. The number of para-hydroxylation sites is 1. The number of amides is 1. The van der Waals surface area contributed by atoms with Gasteiger partial charge in [-0.1, -0.05) is 18.2 Å². The molecular formula is C19H25N5O2. The van der Waals surface area contributed by atoms with Gasteiger partial charge in [0, 0.05) is 44.6 Å². The third-order valence-corrected chi connectivity index (χ3v) is 4.38. The van der Waals surface area contributed by atoms with Crippen LogP contribution in [0.1, 0.15) is 13.8 Å². The van der Waals surface area contributed by atoms with Crippen molar-refractivity contribution < 1.29 is 9.53 Å². The van der Waals surface area contributed by atoms with E-state index < -0.39 is 0 Å². The van der Waals surface area contributed by atoms with E-state index in [-0.39, 0.29) is 6.09 Å². The second-order valence-electron chi connectivity index (χ2n) is 5.97. The van der Waals surface area contributed by atoms with Crippen LogP contribution in [0.15, 0.2) is 42.6 Å². The lowest BCUT2D eigenvalue weighted by Gasteiger charge is -2.35. The minimum atomic E-state index is -0.239. The number of benzene rings is 1. The normalized spacial score (nSPS) is 14.2. The molecule has 0 bridgehead atoms. The van der Waals surface area contributed by atoms with E-state index in [1.165, 1.54) is 0 Å². The van der Waals surface area contributed by atoms with Gasteiger partial charge in [-0.15, -0.1) is 0 Å². The monoisotopic (exact) mass is 355 g/mol. The summed E-state index contributed by atoms with van der Waals surface area (Å²) in [4.78, 5) is 27.0. The molecule has 0 atom stereocenters. The Kier molecular flexibility index (Phi) is 5.88. The van der Waals surface area contributed by atoms with Crippen LogP contribution in [0, 0.1) is 0 Å². The van der Waals surface area contributed by atoms with E-state index in [0.717, 1.165) is 31.1 Å². The first-order valence-electron chi connectivity index (χ1n) is 9.05. The average molecular weight is 355 g/mol. The maximum Gasteiger partial charge on any atom is 0.409 e. The van der Waals surface area contributed by atoms with Crippen LogP contribution in [-0.4, -0.2) is 60.3 Å². The Bertz CT molecular complexity index is 717. The van der Waals surface area contributed by atoms with Gasteiger partial charge in [0.15, 0.2) is 0 Å². The van der Waals surface area contributed by atoms with E-state index in [0.29, 0.717) is 25.6 Å². The van der Waals surface area contributed by atoms with Crippen molar-refractivity contribution in [2.24, 2.45) is 0 Å². The number of aromatic nitrogens is 2. The number of carbonyl (C=O) groups is 1. The van der Waals surface area contributed by atoms with Gasteiger partial charge in [-0.2, -0.15) is 4.98 Å². The highest BCUT2D eigenvalue weighted by Gasteiger charge is 2.23. The predicted octanol–water partition coefficient (Wildman–Crippen LogP) is 2.91. The molecule has 1 amide bonds. The molecule has 1 fully saturated rings. The van der Waals surface area contributed by atoms with Crippen molar-refractivity contribution in [3.63, 3.8) is 0 Å². The lowest BCUT2D eigenvalue weighted by atomic mass is 10.3. The Morgan fingerprint density at radius 2 is 1.85 bits per heavy atom. The summed E-state index contributed by atoms with van der Waals surface area (Å²) in [5.74, 6) is 1.57. The molecule has 1 aromatic carbocycles. The number of hydrogen-bond acceptors (Lipinski definition) is 6. The van der Waals surface area contributed by atoms with Gasteiger partial charge < -0.3 is 19.4 Å². The molecule has 1 aromatic heterocycles. The Labute approximate surface area is 154 Å². The van der Waals surface area contributed by atoms with Gasteiger partial charge in [-0.05, 0) is 32.0 Å². The molecule has 138 valence electrons. The zero-order valence-electron chi connectivity index (χ0n) is 15.3. The van der Waals surface area contributed by atoms with Gasteiger partial charge in [0.05, 0.1) is 6.61 Å². The molecule has 0 unspecified atom stereocenters. The van der Waals surface area contributed by atoms with Crippen molar-refractivity contribution in [2.45, 2.75) is 13.8 Å². The van der Waals surface area contributed by atoms with Gasteiger partial charge in [0.25, 0.3) is 0 Å². The smallest absolute Gasteiger partial charge is 0.409 e. The van der Waals surface area contributed by atoms with E-state index in [2.05, 4.69) is 33.8 Å². The first-order valence-corrected chi connectivity index (χ1v) is 9.05. The van der Waals surface area contributed by atoms with Crippen molar-refractivity contribution in [2.75, 3.05) is 49.1 Å². The van der Waals surface area contributed by atoms with Crippen LogP contribution in [0.2, 0.25) is 0 Å². The van der Waals surface area contributed by atoms with Gasteiger partial charge in [-0.3, -0.25) is 0 Å². The maximum atomic E-state index is 11.8. The van der Waals surface area contributed by atoms with Crippen molar-refractivity contribution in [1.82, 2.24) is 14.9 Å². The topological polar surface area (TPSA) is 61.8 Å². The van der Waals surface area contributed by atoms with Gasteiger partial charge in [0.1, 0.15) is 5.82 Å². The SMILES string of the molecule is CCOC(=O)N1CCN(c2ccnc(N(CC)c3ccccc3)n2)CC1. The summed E-state index contributed by atoms with van der Waals surface area (Å²) in [6.07, 6.45) is 1.55. The lowest BCUT2D eigenvalue weighted by molar-refractivity contribution is 0.105. The highest BCUT2D eigenvalue weighted by molar-refractivity contribution is 5.68. The standard InChI is InChI=1S/C19H25N5O2/c1-3-24(16-8-6-5-7-9-16)18-20-11-10-17(21-18)22-12-14-23(15-13-22)19(25)26-4-2/h5-11H,3-4,12-15H2,1-2H3. The van der Waals surface area contributed by atoms with Crippen molar-refractivity contribution in [3.8, 4) is 0 Å². The first kappa shape index (κ1) is 18.0. The zero-order chi connectivity index (χ0) is 18.4. The maximum absolute atomic E-state index is 11.8. The molecule has 1 saturated heterocycles. The molecule has 0 spiro atoms. The van der Waals surface area contributed by atoms with Crippen LogP contribution >= 0.6 is 0 Å². The van der Waals surface area contributed by atoms with E-state index in [1.807, 2.05) is 31.2 Å². The van der Waals surface area contributed by atoms with Crippen molar-refractivity contribution in [3.05, 3.63) is 42.6 Å². The molecule has 0 N–H and O–H groups in total. The molecule has 7 heteroatoms. The average Bonchev–Trinajstić information content (AvgIpc) is 2.70. The third kappa shape index (κ3) is 4.04. The molecule has 1 aliphatic rings. The molecule has 0 aliphatic carbocycles. The second-order valence-corrected chi connectivity index (χ2v) is 5.97. The van der Waals surface area contributed by atoms with Crippen molar-refractivity contribution >= 4 is 23.5 Å². The number of nitrogens with zero attached hydrogens (tertiary/aromatic N) is 5. The Balaban J connectivity index is 1.71. The first-order chi connectivity index (χ1) is 12.7. The molecule has 2 aromatic rings. The molecule has 0 radical (unpaired) electrons. The summed E-state index contributed by atoms with van der Waals surface area (Å²) < 4.78 is 5.07. The second kappa shape index (κ2) is 8.51. The van der Waals surface area contributed by atoms with Gasteiger partial charge in [-0.25, -0.2) is 9.78 Å². The number of anilines is 3.